The topological polar surface area (TPSA) is 189 Å². The molecule has 3 aliphatic rings. The number of carbonyl (C=O) groups excluding carboxylic acids is 3. The number of phenols is 2. The maximum Gasteiger partial charge on any atom is 0.202 e. The summed E-state index contributed by atoms with van der Waals surface area (Å²) in [7, 11) is 3.34. The van der Waals surface area contributed by atoms with Gasteiger partial charge < -0.3 is 45.3 Å². The molecule has 252 valence electrons. The molecule has 6 atom stereocenters. The molecule has 0 amide bonds. The fourth-order valence-corrected chi connectivity index (χ4v) is 6.64. The van der Waals surface area contributed by atoms with Gasteiger partial charge in [-0.15, -0.1) is 23.2 Å². The van der Waals surface area contributed by atoms with Crippen molar-refractivity contribution >= 4 is 40.6 Å². The van der Waals surface area contributed by atoms with E-state index in [1.165, 1.54) is 32.2 Å². The van der Waals surface area contributed by atoms with E-state index < -0.39 is 82.6 Å². The van der Waals surface area contributed by atoms with E-state index in [-0.39, 0.29) is 40.8 Å². The Morgan fingerprint density at radius 1 is 1.11 bits per heavy atom. The van der Waals surface area contributed by atoms with Crippen LogP contribution >= 0.6 is 23.2 Å². The summed E-state index contributed by atoms with van der Waals surface area (Å²) in [6.07, 6.45) is -4.53. The Hall–Kier alpha value is -2.81. The lowest BCUT2D eigenvalue weighted by Crippen LogP contribution is -2.52. The molecule has 1 saturated heterocycles. The van der Waals surface area contributed by atoms with Crippen molar-refractivity contribution in [2.45, 2.75) is 69.4 Å². The van der Waals surface area contributed by atoms with Crippen LogP contribution in [0.1, 0.15) is 75.8 Å². The van der Waals surface area contributed by atoms with Crippen LogP contribution in [0.3, 0.4) is 0 Å². The number of phenolic OH excluding ortho intramolecular Hbond substituents is 2. The molecule has 14 heteroatoms. The standard InChI is InChI=1S/C27H29NO10.C5H11Cl2N/c1-10-22(30)14(28)7-17(37-10)38-16-9-27(35,11(2)29)8-13-19(16)26(34)21-20(24(13)32)23(31)12-5-4-6-15(36-3)18(12)25(21)33;1-8(4-2-6)5-3-7/h4-6,10,14,16-17,22,30,32,34-35H,7-9,28H2,1-3H3;2-5H2,1H3/t10-,14-,16-,17-,22+,27-;/m0./s1. The Kier molecular flexibility index (Phi) is 11.4. The van der Waals surface area contributed by atoms with Crippen molar-refractivity contribution in [1.82, 2.24) is 4.90 Å². The lowest BCUT2D eigenvalue weighted by Gasteiger charge is -2.42. The Morgan fingerprint density at radius 2 is 1.74 bits per heavy atom. The number of ketones is 3. The molecule has 0 bridgehead atoms. The van der Waals surface area contributed by atoms with Gasteiger partial charge in [0.2, 0.25) is 5.78 Å². The maximum absolute atomic E-state index is 13.6. The number of benzene rings is 2. The van der Waals surface area contributed by atoms with Gasteiger partial charge in [-0.05, 0) is 27.0 Å². The first-order chi connectivity index (χ1) is 21.7. The second-order valence-corrected chi connectivity index (χ2v) is 12.6. The van der Waals surface area contributed by atoms with Gasteiger partial charge in [0.05, 0.1) is 42.1 Å². The number of nitrogens with zero attached hydrogens (tertiary/aromatic N) is 1. The van der Waals surface area contributed by atoms with Crippen molar-refractivity contribution in [1.29, 1.82) is 0 Å². The zero-order valence-electron chi connectivity index (χ0n) is 26.1. The highest BCUT2D eigenvalue weighted by Crippen LogP contribution is 2.52. The van der Waals surface area contributed by atoms with Crippen molar-refractivity contribution in [2.75, 3.05) is 39.0 Å². The molecular formula is C32H40Cl2N2O10. The minimum atomic E-state index is -2.00. The van der Waals surface area contributed by atoms with Crippen molar-refractivity contribution < 1.29 is 49.0 Å². The molecule has 0 saturated carbocycles. The predicted molar refractivity (Wildman–Crippen MR) is 169 cm³/mol. The SMILES string of the molecule is CN(CCCl)CCCl.COc1cccc2c1C(=O)c1c(O)c3c(c(O)c1C2=O)C[C@@](O)(C(C)=O)C[C@@H]3O[C@H]1C[C@H](N)[C@H](O)[C@H](C)O1. The molecule has 1 fully saturated rings. The predicted octanol–water partition coefficient (Wildman–Crippen LogP) is 2.42. The Labute approximate surface area is 276 Å². The molecule has 46 heavy (non-hydrogen) atoms. The molecule has 2 aromatic carbocycles. The number of halogens is 2. The number of fused-ring (bicyclic) bond motifs is 3. The van der Waals surface area contributed by atoms with Crippen LogP contribution in [-0.2, 0) is 20.7 Å². The van der Waals surface area contributed by atoms with Crippen molar-refractivity contribution in [3.05, 3.63) is 51.6 Å². The van der Waals surface area contributed by atoms with E-state index in [0.29, 0.717) is 11.8 Å². The zero-order chi connectivity index (χ0) is 34.1. The van der Waals surface area contributed by atoms with Gasteiger partial charge in [-0.2, -0.15) is 0 Å². The van der Waals surface area contributed by atoms with E-state index >= 15 is 0 Å². The Balaban J connectivity index is 0.000000533. The minimum absolute atomic E-state index is 0.0147. The summed E-state index contributed by atoms with van der Waals surface area (Å²) in [5, 5.41) is 44.1. The highest BCUT2D eigenvalue weighted by atomic mass is 35.5. The number of Topliss-reactive ketones (excluding diaryl/α,β-unsaturated/α-hetero) is 1. The van der Waals surface area contributed by atoms with Crippen molar-refractivity contribution in [2.24, 2.45) is 5.73 Å². The number of rotatable bonds is 8. The van der Waals surface area contributed by atoms with E-state index in [0.717, 1.165) is 13.1 Å². The third-order valence-electron chi connectivity index (χ3n) is 8.73. The Bertz CT molecular complexity index is 1490. The molecule has 2 aliphatic carbocycles. The second kappa shape index (κ2) is 14.5. The van der Waals surface area contributed by atoms with E-state index in [9.17, 15) is 34.8 Å². The van der Waals surface area contributed by atoms with E-state index in [2.05, 4.69) is 4.90 Å². The lowest BCUT2D eigenvalue weighted by atomic mass is 9.72. The first kappa shape index (κ1) is 36.0. The van der Waals surface area contributed by atoms with Crippen LogP contribution in [0, 0.1) is 0 Å². The lowest BCUT2D eigenvalue weighted by molar-refractivity contribution is -0.247. The first-order valence-electron chi connectivity index (χ1n) is 14.9. The number of methoxy groups -OCH3 is 1. The van der Waals surface area contributed by atoms with Gasteiger partial charge in [-0.25, -0.2) is 0 Å². The molecule has 0 unspecified atom stereocenters. The highest BCUT2D eigenvalue weighted by Gasteiger charge is 2.49. The van der Waals surface area contributed by atoms with E-state index in [1.807, 2.05) is 7.05 Å². The number of hydrogen-bond donors (Lipinski definition) is 5. The molecule has 5 rings (SSSR count). The summed E-state index contributed by atoms with van der Waals surface area (Å²) in [6, 6.07) is 3.75. The van der Waals surface area contributed by atoms with Crippen molar-refractivity contribution in [3.63, 3.8) is 0 Å². The number of aromatic hydroxyl groups is 2. The zero-order valence-corrected chi connectivity index (χ0v) is 27.6. The summed E-state index contributed by atoms with van der Waals surface area (Å²) >= 11 is 10.9. The van der Waals surface area contributed by atoms with Crippen LogP contribution in [0.15, 0.2) is 18.2 Å². The average molecular weight is 684 g/mol. The first-order valence-corrected chi connectivity index (χ1v) is 15.9. The van der Waals surface area contributed by atoms with Gasteiger partial charge in [-0.1, -0.05) is 12.1 Å². The van der Waals surface area contributed by atoms with Gasteiger partial charge >= 0.3 is 0 Å². The number of ether oxygens (including phenoxy) is 3. The molecule has 0 spiro atoms. The summed E-state index contributed by atoms with van der Waals surface area (Å²) in [6.45, 7) is 4.64. The van der Waals surface area contributed by atoms with Crippen LogP contribution in [0.25, 0.3) is 0 Å². The summed E-state index contributed by atoms with van der Waals surface area (Å²) in [5.41, 5.74) is 2.97. The number of hydrogen-bond acceptors (Lipinski definition) is 12. The normalized spacial score (nSPS) is 26.9. The molecule has 6 N–H and O–H groups in total. The number of aliphatic hydroxyl groups excluding tert-OH is 1. The van der Waals surface area contributed by atoms with Gasteiger partial charge in [-0.3, -0.25) is 14.4 Å². The van der Waals surface area contributed by atoms with Crippen LogP contribution < -0.4 is 10.5 Å². The van der Waals surface area contributed by atoms with Gasteiger partial charge in [0.1, 0.15) is 22.8 Å². The summed E-state index contributed by atoms with van der Waals surface area (Å²) in [4.78, 5) is 41.7. The number of nitrogens with two attached hydrogens (primary N) is 1. The number of alkyl halides is 2. The summed E-state index contributed by atoms with van der Waals surface area (Å²) in [5.74, 6) is -1.80. The van der Waals surface area contributed by atoms with E-state index in [4.69, 9.17) is 43.1 Å². The van der Waals surface area contributed by atoms with E-state index in [1.54, 1.807) is 6.92 Å². The Morgan fingerprint density at radius 3 is 2.30 bits per heavy atom. The third kappa shape index (κ3) is 6.76. The summed E-state index contributed by atoms with van der Waals surface area (Å²) < 4.78 is 17.1. The van der Waals surface area contributed by atoms with Crippen molar-refractivity contribution in [3.8, 4) is 17.2 Å². The second-order valence-electron chi connectivity index (χ2n) is 11.8. The fraction of sp³-hybridized carbons (Fsp3) is 0.531. The monoisotopic (exact) mass is 682 g/mol. The highest BCUT2D eigenvalue weighted by molar-refractivity contribution is 6.31. The largest absolute Gasteiger partial charge is 0.507 e. The maximum atomic E-state index is 13.6. The van der Waals surface area contributed by atoms with Crippen LogP contribution in [-0.4, -0.2) is 112 Å². The van der Waals surface area contributed by atoms with Crippen LogP contribution in [0.4, 0.5) is 0 Å². The average Bonchev–Trinajstić information content (AvgIpc) is 3.00. The number of carbonyl (C=O) groups is 3. The number of aliphatic hydroxyl groups is 2. The molecule has 0 aromatic heterocycles. The van der Waals surface area contributed by atoms with Gasteiger partial charge in [0, 0.05) is 66.8 Å². The van der Waals surface area contributed by atoms with Gasteiger partial charge in [0.25, 0.3) is 0 Å². The smallest absolute Gasteiger partial charge is 0.202 e. The molecule has 2 aromatic rings. The fourth-order valence-electron chi connectivity index (χ4n) is 6.06. The molecule has 1 heterocycles. The third-order valence-corrected chi connectivity index (χ3v) is 9.07. The van der Waals surface area contributed by atoms with Gasteiger partial charge in [0.15, 0.2) is 17.9 Å². The van der Waals surface area contributed by atoms with Crippen LogP contribution in [0.2, 0.25) is 0 Å². The van der Waals surface area contributed by atoms with Crippen LogP contribution in [0.5, 0.6) is 17.2 Å². The quantitative estimate of drug-likeness (QED) is 0.173. The molecule has 12 nitrogen and oxygen atoms in total. The molecular weight excluding hydrogens is 643 g/mol. The molecule has 0 radical (unpaired) electrons. The molecule has 1 aliphatic heterocycles. The minimum Gasteiger partial charge on any atom is -0.507 e.